The molecule has 2 aromatic rings. The van der Waals surface area contributed by atoms with Crippen molar-refractivity contribution in [3.8, 4) is 0 Å². The van der Waals surface area contributed by atoms with Gasteiger partial charge in [-0.3, -0.25) is 4.79 Å². The Morgan fingerprint density at radius 1 is 1.15 bits per heavy atom. The van der Waals surface area contributed by atoms with E-state index in [2.05, 4.69) is 20.2 Å². The number of para-hydroxylation sites is 1. The zero-order valence-corrected chi connectivity index (χ0v) is 11.3. The number of hydrogen-bond acceptors (Lipinski definition) is 3. The Kier molecular flexibility index (Phi) is 3.67. The molecule has 0 atom stereocenters. The van der Waals surface area contributed by atoms with Gasteiger partial charge in [0.25, 0.3) is 5.91 Å². The summed E-state index contributed by atoms with van der Waals surface area (Å²) in [7, 11) is 0. The zero-order valence-electron chi connectivity index (χ0n) is 11.3. The molecule has 1 fully saturated rings. The Balaban J connectivity index is 1.68. The van der Waals surface area contributed by atoms with Crippen molar-refractivity contribution in [2.45, 2.75) is 19.3 Å². The zero-order chi connectivity index (χ0) is 13.8. The largest absolute Gasteiger partial charge is 0.355 e. The second-order valence-electron chi connectivity index (χ2n) is 4.98. The number of nitrogens with zero attached hydrogens (tertiary/aromatic N) is 2. The van der Waals surface area contributed by atoms with Crippen molar-refractivity contribution >= 4 is 17.4 Å². The minimum Gasteiger partial charge on any atom is -0.355 e. The van der Waals surface area contributed by atoms with E-state index in [-0.39, 0.29) is 5.91 Å². The number of H-pyrrole nitrogens is 1. The number of carbonyl (C=O) groups is 1. The number of hydrogen-bond donors (Lipinski definition) is 2. The molecule has 0 unspecified atom stereocenters. The number of aromatic nitrogens is 2. The third kappa shape index (κ3) is 2.82. The average molecular weight is 270 g/mol. The monoisotopic (exact) mass is 270 g/mol. The van der Waals surface area contributed by atoms with Gasteiger partial charge in [-0.25, -0.2) is 4.98 Å². The number of nitrogens with one attached hydrogen (secondary N) is 2. The molecule has 0 saturated carbocycles. The van der Waals surface area contributed by atoms with Crippen LogP contribution in [0, 0.1) is 0 Å². The number of amides is 1. The summed E-state index contributed by atoms with van der Waals surface area (Å²) in [5.41, 5.74) is 0.772. The predicted octanol–water partition coefficient (Wildman–Crippen LogP) is 2.65. The summed E-state index contributed by atoms with van der Waals surface area (Å²) in [5.74, 6) is 1.01. The Bertz CT molecular complexity index is 573. The first-order valence-electron chi connectivity index (χ1n) is 7.00. The fourth-order valence-electron chi connectivity index (χ4n) is 2.43. The summed E-state index contributed by atoms with van der Waals surface area (Å²) >= 11 is 0. The van der Waals surface area contributed by atoms with Crippen LogP contribution in [0.2, 0.25) is 0 Å². The van der Waals surface area contributed by atoms with Crippen LogP contribution in [0.3, 0.4) is 0 Å². The number of benzene rings is 1. The van der Waals surface area contributed by atoms with Crippen molar-refractivity contribution in [3.05, 3.63) is 42.4 Å². The summed E-state index contributed by atoms with van der Waals surface area (Å²) in [5, 5.41) is 2.82. The molecule has 1 aliphatic heterocycles. The van der Waals surface area contributed by atoms with Crippen LogP contribution >= 0.6 is 0 Å². The van der Waals surface area contributed by atoms with Crippen LogP contribution in [0.25, 0.3) is 0 Å². The first-order chi connectivity index (χ1) is 9.83. The van der Waals surface area contributed by atoms with Gasteiger partial charge >= 0.3 is 0 Å². The summed E-state index contributed by atoms with van der Waals surface area (Å²) in [6.45, 7) is 2.04. The molecule has 0 bridgehead atoms. The molecule has 1 aromatic heterocycles. The van der Waals surface area contributed by atoms with Crippen LogP contribution in [0.5, 0.6) is 0 Å². The Morgan fingerprint density at radius 3 is 2.65 bits per heavy atom. The van der Waals surface area contributed by atoms with Crippen LogP contribution in [-0.4, -0.2) is 29.0 Å². The van der Waals surface area contributed by atoms with Gasteiger partial charge in [0.2, 0.25) is 0 Å². The third-order valence-electron chi connectivity index (χ3n) is 3.49. The molecule has 5 nitrogen and oxygen atoms in total. The Labute approximate surface area is 118 Å². The highest BCUT2D eigenvalue weighted by molar-refractivity contribution is 6.01. The van der Waals surface area contributed by atoms with E-state index < -0.39 is 0 Å². The summed E-state index contributed by atoms with van der Waals surface area (Å²) in [6.07, 6.45) is 5.48. The van der Waals surface area contributed by atoms with E-state index >= 15 is 0 Å². The SMILES string of the molecule is O=C(Nc1ccccc1)c1nc(N2CCCCC2)c[nH]1. The fourth-order valence-corrected chi connectivity index (χ4v) is 2.43. The lowest BCUT2D eigenvalue weighted by molar-refractivity contribution is 0.101. The van der Waals surface area contributed by atoms with E-state index in [1.807, 2.05) is 36.5 Å². The van der Waals surface area contributed by atoms with E-state index in [0.29, 0.717) is 5.82 Å². The second kappa shape index (κ2) is 5.77. The first-order valence-corrected chi connectivity index (χ1v) is 7.00. The standard InChI is InChI=1S/C15H18N4O/c20-15(17-12-7-3-1-4-8-12)14-16-11-13(18-14)19-9-5-2-6-10-19/h1,3-4,7-8,11H,2,5-6,9-10H2,(H,16,18)(H,17,20). The van der Waals surface area contributed by atoms with Gasteiger partial charge in [0.1, 0.15) is 5.82 Å². The highest BCUT2D eigenvalue weighted by Crippen LogP contribution is 2.17. The van der Waals surface area contributed by atoms with Gasteiger partial charge in [0, 0.05) is 25.0 Å². The Morgan fingerprint density at radius 2 is 1.90 bits per heavy atom. The molecule has 5 heteroatoms. The van der Waals surface area contributed by atoms with E-state index in [1.165, 1.54) is 19.3 Å². The maximum Gasteiger partial charge on any atom is 0.291 e. The number of aromatic amines is 1. The second-order valence-corrected chi connectivity index (χ2v) is 4.98. The summed E-state index contributed by atoms with van der Waals surface area (Å²) in [6, 6.07) is 9.39. The third-order valence-corrected chi connectivity index (χ3v) is 3.49. The number of carbonyl (C=O) groups excluding carboxylic acids is 1. The van der Waals surface area contributed by atoms with E-state index in [9.17, 15) is 4.79 Å². The van der Waals surface area contributed by atoms with Crippen molar-refractivity contribution < 1.29 is 4.79 Å². The quantitative estimate of drug-likeness (QED) is 0.901. The maximum absolute atomic E-state index is 12.1. The van der Waals surface area contributed by atoms with Crippen molar-refractivity contribution in [2.24, 2.45) is 0 Å². The molecule has 3 rings (SSSR count). The maximum atomic E-state index is 12.1. The van der Waals surface area contributed by atoms with Gasteiger partial charge in [-0.2, -0.15) is 0 Å². The first kappa shape index (κ1) is 12.7. The molecule has 0 radical (unpaired) electrons. The van der Waals surface area contributed by atoms with Gasteiger partial charge in [0.15, 0.2) is 5.82 Å². The lowest BCUT2D eigenvalue weighted by Gasteiger charge is -2.26. The molecule has 0 spiro atoms. The van der Waals surface area contributed by atoms with Crippen LogP contribution in [0.4, 0.5) is 11.5 Å². The smallest absolute Gasteiger partial charge is 0.291 e. The van der Waals surface area contributed by atoms with Gasteiger partial charge in [-0.05, 0) is 31.4 Å². The summed E-state index contributed by atoms with van der Waals surface area (Å²) < 4.78 is 0. The Hall–Kier alpha value is -2.30. The van der Waals surface area contributed by atoms with Gasteiger partial charge in [0.05, 0.1) is 0 Å². The van der Waals surface area contributed by atoms with Gasteiger partial charge < -0.3 is 15.2 Å². The molecule has 1 aliphatic rings. The minimum atomic E-state index is -0.209. The molecular formula is C15H18N4O. The minimum absolute atomic E-state index is 0.209. The average Bonchev–Trinajstić information content (AvgIpc) is 2.99. The number of piperidine rings is 1. The lowest BCUT2D eigenvalue weighted by atomic mass is 10.1. The highest BCUT2D eigenvalue weighted by Gasteiger charge is 2.16. The van der Waals surface area contributed by atoms with E-state index in [0.717, 1.165) is 24.6 Å². The molecule has 0 aliphatic carbocycles. The van der Waals surface area contributed by atoms with E-state index in [1.54, 1.807) is 0 Å². The molecular weight excluding hydrogens is 252 g/mol. The number of imidazole rings is 1. The molecule has 104 valence electrons. The number of anilines is 2. The molecule has 20 heavy (non-hydrogen) atoms. The molecule has 1 aromatic carbocycles. The lowest BCUT2D eigenvalue weighted by Crippen LogP contribution is -2.29. The van der Waals surface area contributed by atoms with Crippen LogP contribution < -0.4 is 10.2 Å². The molecule has 2 N–H and O–H groups in total. The molecule has 1 saturated heterocycles. The van der Waals surface area contributed by atoms with Crippen molar-refractivity contribution in [2.75, 3.05) is 23.3 Å². The predicted molar refractivity (Wildman–Crippen MR) is 79.0 cm³/mol. The van der Waals surface area contributed by atoms with Crippen LogP contribution in [-0.2, 0) is 0 Å². The normalized spacial score (nSPS) is 15.1. The van der Waals surface area contributed by atoms with Crippen molar-refractivity contribution in [3.63, 3.8) is 0 Å². The van der Waals surface area contributed by atoms with Crippen molar-refractivity contribution in [1.29, 1.82) is 0 Å². The summed E-state index contributed by atoms with van der Waals surface area (Å²) in [4.78, 5) is 21.7. The fraction of sp³-hybridized carbons (Fsp3) is 0.333. The van der Waals surface area contributed by atoms with Crippen LogP contribution in [0.15, 0.2) is 36.5 Å². The molecule has 2 heterocycles. The number of rotatable bonds is 3. The van der Waals surface area contributed by atoms with Gasteiger partial charge in [-0.15, -0.1) is 0 Å². The highest BCUT2D eigenvalue weighted by atomic mass is 16.2. The molecule has 1 amide bonds. The van der Waals surface area contributed by atoms with Gasteiger partial charge in [-0.1, -0.05) is 18.2 Å². The van der Waals surface area contributed by atoms with Crippen LogP contribution in [0.1, 0.15) is 29.9 Å². The van der Waals surface area contributed by atoms with Crippen molar-refractivity contribution in [1.82, 2.24) is 9.97 Å². The topological polar surface area (TPSA) is 61.0 Å². The van der Waals surface area contributed by atoms with E-state index in [4.69, 9.17) is 0 Å².